The van der Waals surface area contributed by atoms with Gasteiger partial charge in [-0.3, -0.25) is 4.79 Å². The van der Waals surface area contributed by atoms with Gasteiger partial charge < -0.3 is 14.3 Å². The zero-order valence-electron chi connectivity index (χ0n) is 17.3. The van der Waals surface area contributed by atoms with Crippen molar-refractivity contribution >= 4 is 28.6 Å². The van der Waals surface area contributed by atoms with E-state index < -0.39 is 0 Å². The van der Waals surface area contributed by atoms with Crippen molar-refractivity contribution in [3.63, 3.8) is 0 Å². The molecule has 1 fully saturated rings. The summed E-state index contributed by atoms with van der Waals surface area (Å²) in [6, 6.07) is 9.63. The second-order valence-electron chi connectivity index (χ2n) is 7.84. The van der Waals surface area contributed by atoms with Crippen LogP contribution in [0.2, 0.25) is 0 Å². The van der Waals surface area contributed by atoms with Gasteiger partial charge in [0.25, 0.3) is 0 Å². The number of carbonyl (C=O) groups is 1. The molecular formula is C23H28N4O2S. The Kier molecular flexibility index (Phi) is 6.57. The van der Waals surface area contributed by atoms with E-state index >= 15 is 0 Å². The Morgan fingerprint density at radius 2 is 2.13 bits per heavy atom. The van der Waals surface area contributed by atoms with Crippen LogP contribution in [0.4, 0.5) is 0 Å². The fourth-order valence-corrected chi connectivity index (χ4v) is 4.84. The van der Waals surface area contributed by atoms with Crippen molar-refractivity contribution in [2.24, 2.45) is 0 Å². The van der Waals surface area contributed by atoms with E-state index in [1.165, 1.54) is 31.0 Å². The van der Waals surface area contributed by atoms with E-state index in [4.69, 9.17) is 4.42 Å². The Labute approximate surface area is 181 Å². The van der Waals surface area contributed by atoms with E-state index in [9.17, 15) is 4.79 Å². The van der Waals surface area contributed by atoms with Gasteiger partial charge in [0, 0.05) is 17.8 Å². The highest BCUT2D eigenvalue weighted by Crippen LogP contribution is 2.33. The summed E-state index contributed by atoms with van der Waals surface area (Å²) in [7, 11) is 0. The number of furan rings is 1. The first-order valence-corrected chi connectivity index (χ1v) is 11.6. The number of hydrogen-bond donors (Lipinski definition) is 1. The van der Waals surface area contributed by atoms with Crippen LogP contribution in [0.25, 0.3) is 11.0 Å². The van der Waals surface area contributed by atoms with Gasteiger partial charge in [-0.25, -0.2) is 0 Å². The number of fused-ring (bicyclic) bond motifs is 1. The largest absolute Gasteiger partial charge is 0.459 e. The molecule has 1 N–H and O–H groups in total. The Balaban J connectivity index is 1.38. The smallest absolute Gasteiger partial charge is 0.231 e. The number of thioether (sulfide) groups is 1. The first-order valence-electron chi connectivity index (χ1n) is 10.6. The number of carbonyl (C=O) groups excluding carboxylic acids is 1. The van der Waals surface area contributed by atoms with Gasteiger partial charge in [0.05, 0.1) is 11.8 Å². The predicted octanol–water partition coefficient (Wildman–Crippen LogP) is 5.23. The van der Waals surface area contributed by atoms with Gasteiger partial charge in [0.15, 0.2) is 5.16 Å². The first-order chi connectivity index (χ1) is 14.7. The van der Waals surface area contributed by atoms with Gasteiger partial charge >= 0.3 is 0 Å². The molecule has 7 heteroatoms. The minimum absolute atomic E-state index is 0.0553. The van der Waals surface area contributed by atoms with Crippen LogP contribution in [0.3, 0.4) is 0 Å². The van der Waals surface area contributed by atoms with E-state index in [0.29, 0.717) is 12.5 Å². The van der Waals surface area contributed by atoms with Gasteiger partial charge in [-0.15, -0.1) is 16.8 Å². The lowest BCUT2D eigenvalue weighted by Gasteiger charge is -2.21. The highest BCUT2D eigenvalue weighted by atomic mass is 32.2. The molecule has 0 spiro atoms. The third kappa shape index (κ3) is 4.61. The van der Waals surface area contributed by atoms with Crippen molar-refractivity contribution < 1.29 is 9.21 Å². The molecule has 0 radical (unpaired) electrons. The Bertz CT molecular complexity index is 986. The van der Waals surface area contributed by atoms with Crippen LogP contribution in [0, 0.1) is 0 Å². The van der Waals surface area contributed by atoms with Crippen molar-refractivity contribution in [1.29, 1.82) is 0 Å². The zero-order chi connectivity index (χ0) is 20.9. The standard InChI is InChI=1S/C23H28N4O2S/c1-3-13-27-22(17-9-5-4-6-10-17)25-26-23(27)30-15-21(28)24-16(2)20-14-18-11-7-8-12-19(18)29-20/h3,7-8,11-12,14,16-17H,1,4-6,9-10,13,15H2,2H3,(H,24,28)/t16-/m0/s1. The van der Waals surface area contributed by atoms with Gasteiger partial charge in [-0.2, -0.15) is 0 Å². The minimum Gasteiger partial charge on any atom is -0.459 e. The monoisotopic (exact) mass is 424 g/mol. The molecule has 1 atom stereocenters. The van der Waals surface area contributed by atoms with Crippen molar-refractivity contribution in [2.45, 2.75) is 62.7 Å². The molecule has 4 rings (SSSR count). The lowest BCUT2D eigenvalue weighted by molar-refractivity contribution is -0.119. The second kappa shape index (κ2) is 9.51. The van der Waals surface area contributed by atoms with Crippen LogP contribution >= 0.6 is 11.8 Å². The SMILES string of the molecule is C=CCn1c(SCC(=O)N[C@@H](C)c2cc3ccccc3o2)nnc1C1CCCCC1. The van der Waals surface area contributed by atoms with E-state index in [1.54, 1.807) is 0 Å². The number of nitrogens with one attached hydrogen (secondary N) is 1. The number of para-hydroxylation sites is 1. The van der Waals surface area contributed by atoms with Crippen LogP contribution < -0.4 is 5.32 Å². The van der Waals surface area contributed by atoms with Gasteiger partial charge in [0.1, 0.15) is 17.2 Å². The molecule has 30 heavy (non-hydrogen) atoms. The summed E-state index contributed by atoms with van der Waals surface area (Å²) in [5.74, 6) is 2.48. The number of benzene rings is 1. The molecule has 0 unspecified atom stereocenters. The zero-order valence-corrected chi connectivity index (χ0v) is 18.2. The third-order valence-electron chi connectivity index (χ3n) is 5.61. The summed E-state index contributed by atoms with van der Waals surface area (Å²) < 4.78 is 7.97. The number of allylic oxidation sites excluding steroid dienone is 1. The molecule has 0 saturated heterocycles. The number of hydrogen-bond acceptors (Lipinski definition) is 5. The maximum atomic E-state index is 12.5. The Morgan fingerprint density at radius 3 is 2.90 bits per heavy atom. The molecule has 6 nitrogen and oxygen atoms in total. The minimum atomic E-state index is -0.200. The topological polar surface area (TPSA) is 73.0 Å². The molecule has 1 aromatic carbocycles. The Morgan fingerprint density at radius 1 is 1.33 bits per heavy atom. The first kappa shape index (κ1) is 20.7. The van der Waals surface area contributed by atoms with Crippen molar-refractivity contribution in [3.05, 3.63) is 54.6 Å². The Hall–Kier alpha value is -2.54. The summed E-state index contributed by atoms with van der Waals surface area (Å²) in [5, 5.41) is 13.7. The van der Waals surface area contributed by atoms with Crippen molar-refractivity contribution in [1.82, 2.24) is 20.1 Å². The summed E-state index contributed by atoms with van der Waals surface area (Å²) >= 11 is 1.42. The third-order valence-corrected chi connectivity index (χ3v) is 6.58. The number of rotatable bonds is 8. The van der Waals surface area contributed by atoms with E-state index in [-0.39, 0.29) is 17.7 Å². The predicted molar refractivity (Wildman–Crippen MR) is 120 cm³/mol. The lowest BCUT2D eigenvalue weighted by atomic mass is 9.89. The summed E-state index contributed by atoms with van der Waals surface area (Å²) in [5.41, 5.74) is 0.829. The summed E-state index contributed by atoms with van der Waals surface area (Å²) in [4.78, 5) is 12.5. The van der Waals surface area contributed by atoms with Gasteiger partial charge in [0.2, 0.25) is 5.91 Å². The summed E-state index contributed by atoms with van der Waals surface area (Å²) in [6.07, 6.45) is 7.98. The molecule has 158 valence electrons. The quantitative estimate of drug-likeness (QED) is 0.396. The van der Waals surface area contributed by atoms with Crippen LogP contribution in [0.15, 0.2) is 52.6 Å². The molecule has 1 saturated carbocycles. The van der Waals surface area contributed by atoms with Crippen LogP contribution in [-0.2, 0) is 11.3 Å². The van der Waals surface area contributed by atoms with E-state index in [2.05, 4.69) is 26.7 Å². The average molecular weight is 425 g/mol. The molecular weight excluding hydrogens is 396 g/mol. The molecule has 1 aliphatic carbocycles. The molecule has 2 heterocycles. The van der Waals surface area contributed by atoms with Gasteiger partial charge in [-0.05, 0) is 31.9 Å². The number of nitrogens with zero attached hydrogens (tertiary/aromatic N) is 3. The molecule has 1 aliphatic rings. The van der Waals surface area contributed by atoms with Crippen LogP contribution in [0.5, 0.6) is 0 Å². The average Bonchev–Trinajstić information content (AvgIpc) is 3.37. The molecule has 1 amide bonds. The van der Waals surface area contributed by atoms with Crippen molar-refractivity contribution in [3.8, 4) is 0 Å². The fraction of sp³-hybridized carbons (Fsp3) is 0.435. The summed E-state index contributed by atoms with van der Waals surface area (Å²) in [6.45, 7) is 6.47. The normalized spacial score (nSPS) is 15.9. The van der Waals surface area contributed by atoms with Crippen LogP contribution in [0.1, 0.15) is 62.6 Å². The maximum absolute atomic E-state index is 12.5. The number of amides is 1. The van der Waals surface area contributed by atoms with E-state index in [1.807, 2.05) is 43.3 Å². The van der Waals surface area contributed by atoms with Crippen molar-refractivity contribution in [2.75, 3.05) is 5.75 Å². The molecule has 0 bridgehead atoms. The number of aromatic nitrogens is 3. The second-order valence-corrected chi connectivity index (χ2v) is 8.78. The maximum Gasteiger partial charge on any atom is 0.231 e. The molecule has 0 aliphatic heterocycles. The fourth-order valence-electron chi connectivity index (χ4n) is 4.07. The van der Waals surface area contributed by atoms with Gasteiger partial charge in [-0.1, -0.05) is 55.3 Å². The highest BCUT2D eigenvalue weighted by molar-refractivity contribution is 7.99. The lowest BCUT2D eigenvalue weighted by Crippen LogP contribution is -2.28. The molecule has 3 aromatic rings. The molecule has 2 aromatic heterocycles. The van der Waals surface area contributed by atoms with E-state index in [0.717, 1.165) is 40.6 Å². The van der Waals surface area contributed by atoms with Crippen LogP contribution in [-0.4, -0.2) is 26.4 Å². The highest BCUT2D eigenvalue weighted by Gasteiger charge is 2.23.